The molecule has 0 unspecified atom stereocenters. The SMILES string of the molecule is Cc1nccn1CCNC(=O)[C@@H]1CCC(=O)N(CCN(C)C)C1. The third kappa shape index (κ3) is 5.06. The van der Waals surface area contributed by atoms with Crippen LogP contribution in [0.3, 0.4) is 0 Å². The van der Waals surface area contributed by atoms with Crippen LogP contribution in [0, 0.1) is 12.8 Å². The minimum absolute atomic E-state index is 0.0464. The molecule has 7 heteroatoms. The van der Waals surface area contributed by atoms with Crippen LogP contribution in [-0.2, 0) is 16.1 Å². The quantitative estimate of drug-likeness (QED) is 0.774. The van der Waals surface area contributed by atoms with Gasteiger partial charge < -0.3 is 19.7 Å². The van der Waals surface area contributed by atoms with Gasteiger partial charge in [0.25, 0.3) is 0 Å². The molecule has 0 spiro atoms. The molecule has 1 aromatic heterocycles. The average Bonchev–Trinajstić information content (AvgIpc) is 2.91. The highest BCUT2D eigenvalue weighted by atomic mass is 16.2. The first-order valence-corrected chi connectivity index (χ1v) is 8.15. The fraction of sp³-hybridized carbons (Fsp3) is 0.688. The minimum Gasteiger partial charge on any atom is -0.354 e. The minimum atomic E-state index is -0.0984. The van der Waals surface area contributed by atoms with Crippen LogP contribution < -0.4 is 5.32 Å². The summed E-state index contributed by atoms with van der Waals surface area (Å²) < 4.78 is 2.01. The van der Waals surface area contributed by atoms with E-state index in [4.69, 9.17) is 0 Å². The van der Waals surface area contributed by atoms with Crippen LogP contribution in [-0.4, -0.2) is 71.4 Å². The molecule has 128 valence electrons. The predicted octanol–water partition coefficient (Wildman–Crippen LogP) is 0.108. The molecule has 1 aromatic rings. The van der Waals surface area contributed by atoms with Crippen molar-refractivity contribution in [3.63, 3.8) is 0 Å². The molecular weight excluding hydrogens is 294 g/mol. The number of hydrogen-bond acceptors (Lipinski definition) is 4. The van der Waals surface area contributed by atoms with E-state index in [-0.39, 0.29) is 17.7 Å². The highest BCUT2D eigenvalue weighted by Crippen LogP contribution is 2.17. The summed E-state index contributed by atoms with van der Waals surface area (Å²) in [6.45, 7) is 5.27. The van der Waals surface area contributed by atoms with Gasteiger partial charge in [-0.25, -0.2) is 4.98 Å². The Hall–Kier alpha value is -1.89. The van der Waals surface area contributed by atoms with Gasteiger partial charge in [-0.15, -0.1) is 0 Å². The number of nitrogens with zero attached hydrogens (tertiary/aromatic N) is 4. The second-order valence-electron chi connectivity index (χ2n) is 6.34. The molecule has 1 aliphatic heterocycles. The van der Waals surface area contributed by atoms with Crippen LogP contribution in [0.1, 0.15) is 18.7 Å². The number of carbonyl (C=O) groups excluding carboxylic acids is 2. The van der Waals surface area contributed by atoms with Crippen LogP contribution >= 0.6 is 0 Å². The zero-order chi connectivity index (χ0) is 16.8. The molecule has 1 N–H and O–H groups in total. The number of imidazole rings is 1. The summed E-state index contributed by atoms with van der Waals surface area (Å²) in [5.41, 5.74) is 0. The molecule has 2 amide bonds. The van der Waals surface area contributed by atoms with Crippen molar-refractivity contribution in [3.05, 3.63) is 18.2 Å². The van der Waals surface area contributed by atoms with E-state index in [1.165, 1.54) is 0 Å². The lowest BCUT2D eigenvalue weighted by atomic mass is 9.96. The summed E-state index contributed by atoms with van der Waals surface area (Å²) in [4.78, 5) is 32.3. The zero-order valence-corrected chi connectivity index (χ0v) is 14.3. The number of aryl methyl sites for hydroxylation is 1. The Morgan fingerprint density at radius 2 is 2.22 bits per heavy atom. The number of nitrogens with one attached hydrogen (secondary N) is 1. The Kier molecular flexibility index (Phi) is 6.15. The van der Waals surface area contributed by atoms with E-state index in [0.29, 0.717) is 39.0 Å². The fourth-order valence-electron chi connectivity index (χ4n) is 2.75. The maximum atomic E-state index is 12.3. The van der Waals surface area contributed by atoms with Gasteiger partial charge in [0.1, 0.15) is 5.82 Å². The molecule has 7 nitrogen and oxygen atoms in total. The molecule has 0 saturated carbocycles. The Morgan fingerprint density at radius 3 is 2.87 bits per heavy atom. The van der Waals surface area contributed by atoms with Crippen molar-refractivity contribution < 1.29 is 9.59 Å². The predicted molar refractivity (Wildman–Crippen MR) is 87.8 cm³/mol. The van der Waals surface area contributed by atoms with Gasteiger partial charge in [0.2, 0.25) is 11.8 Å². The average molecular weight is 321 g/mol. The summed E-state index contributed by atoms with van der Waals surface area (Å²) in [5, 5.41) is 2.98. The number of likely N-dealkylation sites (tertiary alicyclic amines) is 1. The first-order valence-electron chi connectivity index (χ1n) is 8.15. The number of piperidine rings is 1. The van der Waals surface area contributed by atoms with Crippen LogP contribution in [0.25, 0.3) is 0 Å². The lowest BCUT2D eigenvalue weighted by Gasteiger charge is -2.32. The number of carbonyl (C=O) groups is 2. The number of hydrogen-bond donors (Lipinski definition) is 1. The first kappa shape index (κ1) is 17.5. The summed E-state index contributed by atoms with van der Waals surface area (Å²) in [5.74, 6) is 1.05. The highest BCUT2D eigenvalue weighted by molar-refractivity contribution is 5.83. The third-order valence-electron chi connectivity index (χ3n) is 4.26. The smallest absolute Gasteiger partial charge is 0.224 e. The van der Waals surface area contributed by atoms with E-state index in [2.05, 4.69) is 10.3 Å². The Labute approximate surface area is 137 Å². The van der Waals surface area contributed by atoms with E-state index >= 15 is 0 Å². The van der Waals surface area contributed by atoms with Crippen molar-refractivity contribution in [2.75, 3.05) is 40.3 Å². The van der Waals surface area contributed by atoms with E-state index in [9.17, 15) is 9.59 Å². The molecule has 1 saturated heterocycles. The molecule has 0 bridgehead atoms. The third-order valence-corrected chi connectivity index (χ3v) is 4.26. The first-order chi connectivity index (χ1) is 11.0. The molecule has 23 heavy (non-hydrogen) atoms. The molecule has 2 heterocycles. The van der Waals surface area contributed by atoms with Crippen LogP contribution in [0.5, 0.6) is 0 Å². The molecule has 2 rings (SSSR count). The largest absolute Gasteiger partial charge is 0.354 e. The van der Waals surface area contributed by atoms with E-state index in [1.54, 1.807) is 6.20 Å². The van der Waals surface area contributed by atoms with Crippen LogP contribution in [0.15, 0.2) is 12.4 Å². The van der Waals surface area contributed by atoms with Crippen molar-refractivity contribution in [3.8, 4) is 0 Å². The maximum Gasteiger partial charge on any atom is 0.224 e. The van der Waals surface area contributed by atoms with Gasteiger partial charge in [0.05, 0.1) is 5.92 Å². The molecule has 1 atom stereocenters. The number of amides is 2. The van der Waals surface area contributed by atoms with E-state index in [1.807, 2.05) is 41.6 Å². The van der Waals surface area contributed by atoms with Crippen molar-refractivity contribution in [1.29, 1.82) is 0 Å². The Balaban J connectivity index is 1.77. The highest BCUT2D eigenvalue weighted by Gasteiger charge is 2.29. The zero-order valence-electron chi connectivity index (χ0n) is 14.3. The Bertz CT molecular complexity index is 540. The van der Waals surface area contributed by atoms with Crippen molar-refractivity contribution >= 4 is 11.8 Å². The second-order valence-corrected chi connectivity index (χ2v) is 6.34. The summed E-state index contributed by atoms with van der Waals surface area (Å²) in [6, 6.07) is 0. The van der Waals surface area contributed by atoms with Crippen molar-refractivity contribution in [2.24, 2.45) is 5.92 Å². The second kappa shape index (κ2) is 8.10. The Morgan fingerprint density at radius 1 is 1.43 bits per heavy atom. The number of aromatic nitrogens is 2. The molecule has 0 aliphatic carbocycles. The summed E-state index contributed by atoms with van der Waals surface area (Å²) >= 11 is 0. The van der Waals surface area contributed by atoms with Gasteiger partial charge >= 0.3 is 0 Å². The maximum absolute atomic E-state index is 12.3. The lowest BCUT2D eigenvalue weighted by molar-refractivity contribution is -0.138. The lowest BCUT2D eigenvalue weighted by Crippen LogP contribution is -2.47. The van der Waals surface area contributed by atoms with Crippen molar-refractivity contribution in [2.45, 2.75) is 26.3 Å². The van der Waals surface area contributed by atoms with Gasteiger partial charge in [-0.1, -0.05) is 0 Å². The fourth-order valence-corrected chi connectivity index (χ4v) is 2.75. The summed E-state index contributed by atoms with van der Waals surface area (Å²) in [7, 11) is 3.97. The van der Waals surface area contributed by atoms with Crippen LogP contribution in [0.2, 0.25) is 0 Å². The molecule has 1 fully saturated rings. The number of likely N-dealkylation sites (N-methyl/N-ethyl adjacent to an activating group) is 1. The van der Waals surface area contributed by atoms with Gasteiger partial charge in [0.15, 0.2) is 0 Å². The van der Waals surface area contributed by atoms with Gasteiger partial charge in [-0.05, 0) is 27.4 Å². The van der Waals surface area contributed by atoms with Crippen LogP contribution in [0.4, 0.5) is 0 Å². The van der Waals surface area contributed by atoms with Gasteiger partial charge in [0, 0.05) is 51.5 Å². The summed E-state index contributed by atoms with van der Waals surface area (Å²) in [6.07, 6.45) is 4.77. The standard InChI is InChI=1S/C16H27N5O2/c1-13-17-6-8-20(13)9-7-18-16(23)14-4-5-15(22)21(12-14)11-10-19(2)3/h6,8,14H,4-5,7,9-12H2,1-3H3,(H,18,23)/t14-/m1/s1. The van der Waals surface area contributed by atoms with Gasteiger partial charge in [-0.2, -0.15) is 0 Å². The van der Waals surface area contributed by atoms with Crippen molar-refractivity contribution in [1.82, 2.24) is 24.7 Å². The van der Waals surface area contributed by atoms with E-state index in [0.717, 1.165) is 12.4 Å². The molecule has 0 radical (unpaired) electrons. The number of rotatable bonds is 7. The molecular formula is C16H27N5O2. The van der Waals surface area contributed by atoms with Gasteiger partial charge in [-0.3, -0.25) is 9.59 Å². The normalized spacial score (nSPS) is 18.5. The molecule has 1 aliphatic rings. The topological polar surface area (TPSA) is 70.5 Å². The van der Waals surface area contributed by atoms with E-state index < -0.39 is 0 Å². The monoisotopic (exact) mass is 321 g/mol. The molecule has 0 aromatic carbocycles.